The third-order valence-corrected chi connectivity index (χ3v) is 5.62. The van der Waals surface area contributed by atoms with Gasteiger partial charge in [-0.2, -0.15) is 0 Å². The van der Waals surface area contributed by atoms with E-state index in [0.29, 0.717) is 23.9 Å². The summed E-state index contributed by atoms with van der Waals surface area (Å²) in [4.78, 5) is 46.6. The molecule has 1 saturated heterocycles. The highest BCUT2D eigenvalue weighted by Gasteiger charge is 2.28. The highest BCUT2D eigenvalue weighted by molar-refractivity contribution is 6.01. The van der Waals surface area contributed by atoms with E-state index in [1.165, 1.54) is 13.4 Å². The van der Waals surface area contributed by atoms with Gasteiger partial charge >= 0.3 is 6.09 Å². The second kappa shape index (κ2) is 9.97. The van der Waals surface area contributed by atoms with E-state index < -0.39 is 12.0 Å². The average Bonchev–Trinajstić information content (AvgIpc) is 3.59. The summed E-state index contributed by atoms with van der Waals surface area (Å²) in [5.74, 6) is 0.0948. The molecule has 3 aromatic heterocycles. The fraction of sp³-hybridized carbons (Fsp3) is 0.348. The summed E-state index contributed by atoms with van der Waals surface area (Å²) in [6.07, 6.45) is 8.95. The van der Waals surface area contributed by atoms with Gasteiger partial charge in [-0.1, -0.05) is 0 Å². The quantitative estimate of drug-likeness (QED) is 0.463. The number of anilines is 3. The van der Waals surface area contributed by atoms with Gasteiger partial charge in [0, 0.05) is 19.6 Å². The number of pyridine rings is 1. The minimum Gasteiger partial charge on any atom is -0.387 e. The van der Waals surface area contributed by atoms with Gasteiger partial charge in [0.2, 0.25) is 0 Å². The number of carbonyl (C=O) groups is 2. The standard InChI is InChI=1S/C23H24N8O4/c1-24-21(32)19-16(7-6-15(29-19)18-3-2-8-34-18)31-23(33)35-22-20(28-14-9-25-12-26-10-14)27-11-17(30-22)13-4-5-13/h6-7,9-13,18H,2-5,8H2,1H3,(H,24,32)(H,27,28)(H,31,33). The molecule has 1 atom stereocenters. The molecule has 4 heterocycles. The fourth-order valence-corrected chi connectivity index (χ4v) is 3.70. The minimum absolute atomic E-state index is 0.00109. The zero-order valence-electron chi connectivity index (χ0n) is 19.0. The molecule has 0 bridgehead atoms. The Morgan fingerprint density at radius 2 is 1.89 bits per heavy atom. The summed E-state index contributed by atoms with van der Waals surface area (Å²) < 4.78 is 11.2. The third kappa shape index (κ3) is 5.32. The van der Waals surface area contributed by atoms with Crippen LogP contribution in [0.4, 0.5) is 22.0 Å². The molecule has 5 rings (SSSR count). The lowest BCUT2D eigenvalue weighted by atomic mass is 10.1. The molecule has 3 N–H and O–H groups in total. The van der Waals surface area contributed by atoms with Crippen molar-refractivity contribution in [1.29, 1.82) is 0 Å². The molecule has 2 fully saturated rings. The highest BCUT2D eigenvalue weighted by Crippen LogP contribution is 2.40. The second-order valence-corrected chi connectivity index (χ2v) is 8.20. The number of rotatable bonds is 7. The molecule has 2 amide bonds. The summed E-state index contributed by atoms with van der Waals surface area (Å²) in [5, 5.41) is 8.16. The molecule has 2 aliphatic rings. The van der Waals surface area contributed by atoms with Crippen molar-refractivity contribution >= 4 is 29.2 Å². The lowest BCUT2D eigenvalue weighted by Gasteiger charge is -2.15. The molecule has 12 heteroatoms. The number of hydrogen-bond donors (Lipinski definition) is 3. The summed E-state index contributed by atoms with van der Waals surface area (Å²) >= 11 is 0. The maximum Gasteiger partial charge on any atom is 0.418 e. The van der Waals surface area contributed by atoms with Crippen LogP contribution in [0.25, 0.3) is 0 Å². The van der Waals surface area contributed by atoms with Crippen molar-refractivity contribution in [3.05, 3.63) is 54.1 Å². The molecule has 1 unspecified atom stereocenters. The zero-order chi connectivity index (χ0) is 24.2. The fourth-order valence-electron chi connectivity index (χ4n) is 3.70. The molecule has 1 aliphatic heterocycles. The Bertz CT molecular complexity index is 1230. The van der Waals surface area contributed by atoms with Crippen molar-refractivity contribution in [2.24, 2.45) is 0 Å². The monoisotopic (exact) mass is 476 g/mol. The minimum atomic E-state index is -0.837. The summed E-state index contributed by atoms with van der Waals surface area (Å²) in [7, 11) is 1.50. The van der Waals surface area contributed by atoms with E-state index in [0.717, 1.165) is 31.4 Å². The molecule has 0 aromatic carbocycles. The topological polar surface area (TPSA) is 153 Å². The number of carbonyl (C=O) groups excluding carboxylic acids is 2. The molecule has 1 aliphatic carbocycles. The second-order valence-electron chi connectivity index (χ2n) is 8.20. The average molecular weight is 476 g/mol. The Morgan fingerprint density at radius 1 is 1.06 bits per heavy atom. The van der Waals surface area contributed by atoms with Crippen molar-refractivity contribution < 1.29 is 19.1 Å². The molecule has 180 valence electrons. The SMILES string of the molecule is CNC(=O)c1nc(C2CCCO2)ccc1NC(=O)Oc1nc(C2CC2)cnc1Nc1cncnc1. The van der Waals surface area contributed by atoms with Crippen LogP contribution < -0.4 is 20.7 Å². The highest BCUT2D eigenvalue weighted by atomic mass is 16.6. The van der Waals surface area contributed by atoms with E-state index in [4.69, 9.17) is 9.47 Å². The van der Waals surface area contributed by atoms with Gasteiger partial charge in [-0.05, 0) is 37.8 Å². The summed E-state index contributed by atoms with van der Waals surface area (Å²) in [5.41, 5.74) is 2.21. The van der Waals surface area contributed by atoms with Crippen LogP contribution in [0.2, 0.25) is 0 Å². The first-order valence-electron chi connectivity index (χ1n) is 11.3. The van der Waals surface area contributed by atoms with Crippen LogP contribution in [0.5, 0.6) is 5.88 Å². The first kappa shape index (κ1) is 22.6. The van der Waals surface area contributed by atoms with Crippen LogP contribution in [-0.2, 0) is 4.74 Å². The van der Waals surface area contributed by atoms with E-state index in [1.807, 2.05) is 0 Å². The Hall–Kier alpha value is -4.19. The van der Waals surface area contributed by atoms with Crippen molar-refractivity contribution in [2.45, 2.75) is 37.7 Å². The Morgan fingerprint density at radius 3 is 2.60 bits per heavy atom. The van der Waals surface area contributed by atoms with Crippen molar-refractivity contribution in [3.63, 3.8) is 0 Å². The van der Waals surface area contributed by atoms with Gasteiger partial charge in [0.25, 0.3) is 11.8 Å². The lowest BCUT2D eigenvalue weighted by molar-refractivity contribution is 0.0953. The predicted molar refractivity (Wildman–Crippen MR) is 125 cm³/mol. The van der Waals surface area contributed by atoms with Crippen LogP contribution in [0.3, 0.4) is 0 Å². The van der Waals surface area contributed by atoms with Gasteiger partial charge in [0.1, 0.15) is 6.33 Å². The normalized spacial score (nSPS) is 17.0. The molecule has 1 saturated carbocycles. The van der Waals surface area contributed by atoms with Crippen molar-refractivity contribution in [2.75, 3.05) is 24.3 Å². The van der Waals surface area contributed by atoms with Crippen molar-refractivity contribution in [1.82, 2.24) is 30.2 Å². The number of hydrogen-bond acceptors (Lipinski definition) is 10. The van der Waals surface area contributed by atoms with E-state index in [-0.39, 0.29) is 29.2 Å². The molecule has 3 aromatic rings. The van der Waals surface area contributed by atoms with E-state index in [9.17, 15) is 9.59 Å². The van der Waals surface area contributed by atoms with Gasteiger partial charge < -0.3 is 20.1 Å². The van der Waals surface area contributed by atoms with Crippen LogP contribution in [0, 0.1) is 0 Å². The number of amides is 2. The summed E-state index contributed by atoms with van der Waals surface area (Å²) in [6, 6.07) is 3.34. The van der Waals surface area contributed by atoms with Gasteiger partial charge in [0.15, 0.2) is 11.5 Å². The van der Waals surface area contributed by atoms with Gasteiger partial charge in [-0.15, -0.1) is 0 Å². The number of nitrogens with zero attached hydrogens (tertiary/aromatic N) is 5. The summed E-state index contributed by atoms with van der Waals surface area (Å²) in [6.45, 7) is 0.653. The maximum absolute atomic E-state index is 12.8. The molecular formula is C23H24N8O4. The van der Waals surface area contributed by atoms with Gasteiger partial charge in [-0.3, -0.25) is 10.1 Å². The number of nitrogens with one attached hydrogen (secondary N) is 3. The smallest absolute Gasteiger partial charge is 0.387 e. The molecule has 35 heavy (non-hydrogen) atoms. The molecule has 0 spiro atoms. The van der Waals surface area contributed by atoms with Crippen LogP contribution in [-0.4, -0.2) is 50.6 Å². The van der Waals surface area contributed by atoms with Gasteiger partial charge in [0.05, 0.1) is 47.5 Å². The number of ether oxygens (including phenoxy) is 2. The van der Waals surface area contributed by atoms with E-state index in [1.54, 1.807) is 30.7 Å². The Balaban J connectivity index is 1.37. The third-order valence-electron chi connectivity index (χ3n) is 5.62. The van der Waals surface area contributed by atoms with E-state index in [2.05, 4.69) is 40.9 Å². The Kier molecular flexibility index (Phi) is 6.44. The predicted octanol–water partition coefficient (Wildman–Crippen LogP) is 3.10. The maximum atomic E-state index is 12.8. The molecule has 0 radical (unpaired) electrons. The first-order valence-corrected chi connectivity index (χ1v) is 11.3. The molecule has 12 nitrogen and oxygen atoms in total. The van der Waals surface area contributed by atoms with Crippen molar-refractivity contribution in [3.8, 4) is 5.88 Å². The largest absolute Gasteiger partial charge is 0.418 e. The first-order chi connectivity index (χ1) is 17.1. The Labute approximate surface area is 200 Å². The number of aromatic nitrogens is 5. The zero-order valence-corrected chi connectivity index (χ0v) is 19.0. The van der Waals surface area contributed by atoms with Crippen LogP contribution >= 0.6 is 0 Å². The lowest BCUT2D eigenvalue weighted by Crippen LogP contribution is -2.25. The van der Waals surface area contributed by atoms with E-state index >= 15 is 0 Å². The van der Waals surface area contributed by atoms with Crippen LogP contribution in [0.1, 0.15) is 59.6 Å². The van der Waals surface area contributed by atoms with Crippen LogP contribution in [0.15, 0.2) is 37.1 Å². The molecular weight excluding hydrogens is 452 g/mol. The van der Waals surface area contributed by atoms with Gasteiger partial charge in [-0.25, -0.2) is 29.7 Å².